The van der Waals surface area contributed by atoms with Crippen LogP contribution in [0.25, 0.3) is 9.53 Å². The number of aromatic nitrogens is 1. The van der Waals surface area contributed by atoms with Crippen molar-refractivity contribution in [2.75, 3.05) is 38.8 Å². The molecule has 27 heavy (non-hydrogen) atoms. The smallest absolute Gasteiger partial charge is 0.348 e. The highest BCUT2D eigenvalue weighted by molar-refractivity contribution is 7.29. The molecule has 1 aliphatic rings. The van der Waals surface area contributed by atoms with E-state index in [0.29, 0.717) is 4.88 Å². The van der Waals surface area contributed by atoms with Gasteiger partial charge in [0.2, 0.25) is 0 Å². The number of nitrogens with one attached hydrogen (secondary N) is 2. The second-order valence-electron chi connectivity index (χ2n) is 5.73. The average molecular weight is 410 g/mol. The minimum atomic E-state index is -0.562. The van der Waals surface area contributed by atoms with Crippen molar-refractivity contribution >= 4 is 55.3 Å². The standard InChI is InChI=1S/C16H18N4O5S2/c1-4-24-13(21)8-6-17-15(23)18-9(8)7-25-14(22)11-5-10-12(26-11)19-16(27-10)20(2)3/h5H,4,6-7H2,1-3H3,(H2,17,18,23). The lowest BCUT2D eigenvalue weighted by Crippen LogP contribution is -2.45. The molecule has 9 nitrogen and oxygen atoms in total. The third-order valence-corrected chi connectivity index (χ3v) is 5.89. The molecule has 2 aromatic heterocycles. The first-order chi connectivity index (χ1) is 12.9. The van der Waals surface area contributed by atoms with Crippen molar-refractivity contribution < 1.29 is 23.9 Å². The Morgan fingerprint density at radius 1 is 1.26 bits per heavy atom. The van der Waals surface area contributed by atoms with E-state index in [2.05, 4.69) is 15.6 Å². The Balaban J connectivity index is 1.72. The number of thiazole rings is 1. The number of hydrogen-bond acceptors (Lipinski definition) is 9. The third-order valence-electron chi connectivity index (χ3n) is 3.59. The summed E-state index contributed by atoms with van der Waals surface area (Å²) in [5.41, 5.74) is 0.450. The van der Waals surface area contributed by atoms with Gasteiger partial charge < -0.3 is 25.0 Å². The van der Waals surface area contributed by atoms with Gasteiger partial charge in [-0.25, -0.2) is 19.4 Å². The fourth-order valence-corrected chi connectivity index (χ4v) is 4.32. The van der Waals surface area contributed by atoms with Gasteiger partial charge in [-0.15, -0.1) is 11.3 Å². The minimum absolute atomic E-state index is 0.0174. The summed E-state index contributed by atoms with van der Waals surface area (Å²) < 4.78 is 11.1. The van der Waals surface area contributed by atoms with E-state index >= 15 is 0 Å². The van der Waals surface area contributed by atoms with Gasteiger partial charge in [0.25, 0.3) is 0 Å². The monoisotopic (exact) mass is 410 g/mol. The number of hydrogen-bond donors (Lipinski definition) is 2. The van der Waals surface area contributed by atoms with Crippen LogP contribution in [0.1, 0.15) is 16.6 Å². The van der Waals surface area contributed by atoms with Crippen molar-refractivity contribution in [1.29, 1.82) is 0 Å². The number of anilines is 1. The highest BCUT2D eigenvalue weighted by Crippen LogP contribution is 2.34. The number of carbonyl (C=O) groups excluding carboxylic acids is 3. The predicted molar refractivity (Wildman–Crippen MR) is 102 cm³/mol. The topological polar surface area (TPSA) is 110 Å². The van der Waals surface area contributed by atoms with E-state index < -0.39 is 18.0 Å². The summed E-state index contributed by atoms with van der Waals surface area (Å²) in [5.74, 6) is -1.10. The van der Waals surface area contributed by atoms with E-state index in [9.17, 15) is 14.4 Å². The Hall–Kier alpha value is -2.66. The lowest BCUT2D eigenvalue weighted by Gasteiger charge is -2.20. The first kappa shape index (κ1) is 19.1. The van der Waals surface area contributed by atoms with Crippen molar-refractivity contribution in [2.24, 2.45) is 0 Å². The number of esters is 2. The normalized spacial score (nSPS) is 14.0. The molecule has 2 N–H and O–H groups in total. The second-order valence-corrected chi connectivity index (χ2v) is 7.77. The zero-order chi connectivity index (χ0) is 19.6. The van der Waals surface area contributed by atoms with Crippen molar-refractivity contribution in [3.63, 3.8) is 0 Å². The minimum Gasteiger partial charge on any atom is -0.463 e. The third kappa shape index (κ3) is 4.19. The Morgan fingerprint density at radius 3 is 2.70 bits per heavy atom. The van der Waals surface area contributed by atoms with Gasteiger partial charge in [0.05, 0.1) is 29.1 Å². The number of amides is 2. The molecule has 0 unspecified atom stereocenters. The van der Waals surface area contributed by atoms with Crippen LogP contribution in [-0.2, 0) is 14.3 Å². The molecule has 3 rings (SSSR count). The molecule has 11 heteroatoms. The maximum atomic E-state index is 12.3. The summed E-state index contributed by atoms with van der Waals surface area (Å²) in [6, 6.07) is 1.26. The van der Waals surface area contributed by atoms with Crippen LogP contribution in [0.15, 0.2) is 17.3 Å². The molecular weight excluding hydrogens is 392 g/mol. The Bertz CT molecular complexity index is 899. The zero-order valence-electron chi connectivity index (χ0n) is 15.0. The summed E-state index contributed by atoms with van der Waals surface area (Å²) in [6.45, 7) is 1.67. The Labute approximate surface area is 163 Å². The molecule has 0 atom stereocenters. The number of thiophene rings is 1. The van der Waals surface area contributed by atoms with Gasteiger partial charge in [-0.1, -0.05) is 11.3 Å². The number of nitrogens with zero attached hydrogens (tertiary/aromatic N) is 2. The summed E-state index contributed by atoms with van der Waals surface area (Å²) in [5, 5.41) is 5.84. The lowest BCUT2D eigenvalue weighted by atomic mass is 10.2. The van der Waals surface area contributed by atoms with E-state index in [1.54, 1.807) is 13.0 Å². The molecule has 0 fully saturated rings. The number of carbonyl (C=O) groups is 3. The van der Waals surface area contributed by atoms with E-state index in [4.69, 9.17) is 9.47 Å². The zero-order valence-corrected chi connectivity index (χ0v) is 16.6. The van der Waals surface area contributed by atoms with Crippen LogP contribution in [0.3, 0.4) is 0 Å². The SMILES string of the molecule is CCOC(=O)C1=C(COC(=O)c2cc3sc(N(C)C)nc3s2)NC(=O)NC1. The molecule has 0 radical (unpaired) electrons. The van der Waals surface area contributed by atoms with Crippen LogP contribution in [0, 0.1) is 0 Å². The molecule has 0 saturated carbocycles. The molecule has 0 bridgehead atoms. The summed E-state index contributed by atoms with van der Waals surface area (Å²) in [4.78, 5) is 43.4. The van der Waals surface area contributed by atoms with E-state index in [-0.39, 0.29) is 31.0 Å². The van der Waals surface area contributed by atoms with Crippen molar-refractivity contribution in [3.8, 4) is 0 Å². The molecule has 0 spiro atoms. The first-order valence-corrected chi connectivity index (χ1v) is 9.71. The number of rotatable bonds is 6. The quantitative estimate of drug-likeness (QED) is 0.698. The highest BCUT2D eigenvalue weighted by Gasteiger charge is 2.25. The molecule has 144 valence electrons. The van der Waals surface area contributed by atoms with Gasteiger partial charge in [-0.05, 0) is 13.0 Å². The van der Waals surface area contributed by atoms with Gasteiger partial charge in [0, 0.05) is 14.1 Å². The van der Waals surface area contributed by atoms with Crippen LogP contribution in [0.5, 0.6) is 0 Å². The van der Waals surface area contributed by atoms with Crippen molar-refractivity contribution in [2.45, 2.75) is 6.92 Å². The van der Waals surface area contributed by atoms with E-state index in [1.165, 1.54) is 22.7 Å². The number of ether oxygens (including phenoxy) is 2. The van der Waals surface area contributed by atoms with Gasteiger partial charge in [-0.2, -0.15) is 0 Å². The van der Waals surface area contributed by atoms with E-state index in [0.717, 1.165) is 14.7 Å². The average Bonchev–Trinajstić information content (AvgIpc) is 3.19. The molecular formula is C16H18N4O5S2. The predicted octanol–water partition coefficient (Wildman–Crippen LogP) is 1.71. The summed E-state index contributed by atoms with van der Waals surface area (Å²) in [6.07, 6.45) is 0. The molecule has 3 heterocycles. The van der Waals surface area contributed by atoms with Crippen molar-refractivity contribution in [1.82, 2.24) is 15.6 Å². The van der Waals surface area contributed by atoms with Crippen LogP contribution < -0.4 is 15.5 Å². The Morgan fingerprint density at radius 2 is 2.04 bits per heavy atom. The van der Waals surface area contributed by atoms with Crippen LogP contribution in [0.4, 0.5) is 9.93 Å². The largest absolute Gasteiger partial charge is 0.463 e. The maximum absolute atomic E-state index is 12.3. The van der Waals surface area contributed by atoms with Crippen LogP contribution in [-0.4, -0.2) is 56.8 Å². The number of urea groups is 1. The second kappa shape index (κ2) is 7.92. The highest BCUT2D eigenvalue weighted by atomic mass is 32.1. The molecule has 0 aliphatic carbocycles. The molecule has 2 aromatic rings. The van der Waals surface area contributed by atoms with Crippen LogP contribution >= 0.6 is 22.7 Å². The molecule has 0 saturated heterocycles. The molecule has 0 aromatic carbocycles. The van der Waals surface area contributed by atoms with Gasteiger partial charge in [0.1, 0.15) is 16.3 Å². The van der Waals surface area contributed by atoms with Crippen LogP contribution in [0.2, 0.25) is 0 Å². The first-order valence-electron chi connectivity index (χ1n) is 8.07. The van der Waals surface area contributed by atoms with E-state index in [1.807, 2.05) is 19.0 Å². The molecule has 2 amide bonds. The fraction of sp³-hybridized carbons (Fsp3) is 0.375. The van der Waals surface area contributed by atoms with Gasteiger partial charge >= 0.3 is 18.0 Å². The van der Waals surface area contributed by atoms with Crippen molar-refractivity contribution in [3.05, 3.63) is 22.2 Å². The maximum Gasteiger partial charge on any atom is 0.348 e. The molecule has 1 aliphatic heterocycles. The summed E-state index contributed by atoms with van der Waals surface area (Å²) >= 11 is 2.72. The van der Waals surface area contributed by atoms with Gasteiger partial charge in [0.15, 0.2) is 5.13 Å². The van der Waals surface area contributed by atoms with Gasteiger partial charge in [-0.3, -0.25) is 0 Å². The number of fused-ring (bicyclic) bond motifs is 1. The Kier molecular flexibility index (Phi) is 5.61. The fourth-order valence-electron chi connectivity index (χ4n) is 2.29. The summed E-state index contributed by atoms with van der Waals surface area (Å²) in [7, 11) is 3.81. The lowest BCUT2D eigenvalue weighted by molar-refractivity contribution is -0.138.